The fraction of sp³-hybridized carbons (Fsp3) is 0. The van der Waals surface area contributed by atoms with Gasteiger partial charge in [0.15, 0.2) is 17.5 Å². The van der Waals surface area contributed by atoms with Gasteiger partial charge in [-0.1, -0.05) is 146 Å². The number of hydrogen-bond donors (Lipinski definition) is 0. The van der Waals surface area contributed by atoms with Gasteiger partial charge >= 0.3 is 0 Å². The van der Waals surface area contributed by atoms with Gasteiger partial charge in [0, 0.05) is 27.5 Å². The van der Waals surface area contributed by atoms with Crippen molar-refractivity contribution in [1.82, 2.24) is 15.0 Å². The summed E-state index contributed by atoms with van der Waals surface area (Å²) < 4.78 is 6.32. The standard InChI is InChI=1S/C45H29N3O/c1-4-11-30(12-5-1)35-17-10-18-38(27-35)45-47-43(33-15-8-3-9-16-33)46-44(48-45)34-21-19-32(20-22-34)37-23-25-39-40-28-36(31-13-6-2-7-14-31)24-26-41(40)49-42(39)29-37/h1-29H. The Bertz CT molecular complexity index is 2580. The average Bonchev–Trinajstić information content (AvgIpc) is 3.56. The Labute approximate surface area is 284 Å². The first-order valence-corrected chi connectivity index (χ1v) is 16.4. The lowest BCUT2D eigenvalue weighted by Gasteiger charge is -2.10. The Morgan fingerprint density at radius 2 is 0.694 bits per heavy atom. The van der Waals surface area contributed by atoms with Crippen molar-refractivity contribution in [3.8, 4) is 67.5 Å². The summed E-state index contributed by atoms with van der Waals surface area (Å²) in [6.07, 6.45) is 0. The predicted octanol–water partition coefficient (Wildman–Crippen LogP) is 11.8. The maximum Gasteiger partial charge on any atom is 0.164 e. The molecule has 0 atom stereocenters. The Hall–Kier alpha value is -6.65. The van der Waals surface area contributed by atoms with Crippen molar-refractivity contribution in [2.75, 3.05) is 0 Å². The zero-order valence-electron chi connectivity index (χ0n) is 26.5. The minimum atomic E-state index is 0.627. The van der Waals surface area contributed by atoms with E-state index in [2.05, 4.69) is 133 Å². The van der Waals surface area contributed by atoms with Gasteiger partial charge in [0.1, 0.15) is 11.2 Å². The second kappa shape index (κ2) is 12.2. The van der Waals surface area contributed by atoms with E-state index in [1.165, 1.54) is 11.1 Å². The Balaban J connectivity index is 1.07. The number of furan rings is 1. The van der Waals surface area contributed by atoms with Gasteiger partial charge in [-0.25, -0.2) is 15.0 Å². The molecule has 0 bridgehead atoms. The summed E-state index contributed by atoms with van der Waals surface area (Å²) >= 11 is 0. The number of rotatable bonds is 6. The Morgan fingerprint density at radius 1 is 0.265 bits per heavy atom. The Morgan fingerprint density at radius 3 is 1.35 bits per heavy atom. The molecule has 0 saturated carbocycles. The lowest BCUT2D eigenvalue weighted by molar-refractivity contribution is 0.669. The van der Waals surface area contributed by atoms with Gasteiger partial charge in [-0.3, -0.25) is 0 Å². The number of hydrogen-bond acceptors (Lipinski definition) is 4. The largest absolute Gasteiger partial charge is 0.456 e. The van der Waals surface area contributed by atoms with Crippen LogP contribution in [-0.4, -0.2) is 15.0 Å². The summed E-state index contributed by atoms with van der Waals surface area (Å²) in [6, 6.07) is 60.5. The van der Waals surface area contributed by atoms with Crippen LogP contribution >= 0.6 is 0 Å². The second-order valence-electron chi connectivity index (χ2n) is 12.1. The van der Waals surface area contributed by atoms with E-state index >= 15 is 0 Å². The van der Waals surface area contributed by atoms with E-state index in [1.54, 1.807) is 0 Å². The number of aromatic nitrogens is 3. The quantitative estimate of drug-likeness (QED) is 0.184. The molecule has 0 amide bonds. The second-order valence-corrected chi connectivity index (χ2v) is 12.1. The molecule has 0 N–H and O–H groups in total. The third-order valence-electron chi connectivity index (χ3n) is 8.95. The van der Waals surface area contributed by atoms with Crippen LogP contribution in [0.1, 0.15) is 0 Å². The highest BCUT2D eigenvalue weighted by molar-refractivity contribution is 6.07. The molecule has 2 heterocycles. The van der Waals surface area contributed by atoms with Crippen molar-refractivity contribution in [1.29, 1.82) is 0 Å². The van der Waals surface area contributed by atoms with Gasteiger partial charge in [0.2, 0.25) is 0 Å². The fourth-order valence-electron chi connectivity index (χ4n) is 6.40. The first kappa shape index (κ1) is 28.6. The summed E-state index contributed by atoms with van der Waals surface area (Å²) in [7, 11) is 0. The minimum absolute atomic E-state index is 0.627. The van der Waals surface area contributed by atoms with Gasteiger partial charge in [0.25, 0.3) is 0 Å². The third kappa shape index (κ3) is 5.56. The van der Waals surface area contributed by atoms with E-state index in [9.17, 15) is 0 Å². The number of benzene rings is 7. The van der Waals surface area contributed by atoms with Crippen LogP contribution in [0.5, 0.6) is 0 Å². The van der Waals surface area contributed by atoms with Crippen LogP contribution in [0.25, 0.3) is 89.5 Å². The SMILES string of the molecule is c1ccc(-c2cccc(-c3nc(-c4ccccc4)nc(-c4ccc(-c5ccc6c(c5)oc5ccc(-c7ccccc7)cc56)cc4)n3)c2)cc1. The van der Waals surface area contributed by atoms with Crippen molar-refractivity contribution >= 4 is 21.9 Å². The van der Waals surface area contributed by atoms with E-state index < -0.39 is 0 Å². The van der Waals surface area contributed by atoms with Gasteiger partial charge in [0.05, 0.1) is 0 Å². The van der Waals surface area contributed by atoms with Crippen molar-refractivity contribution < 1.29 is 4.42 Å². The molecule has 0 spiro atoms. The molecule has 7 aromatic carbocycles. The van der Waals surface area contributed by atoms with Gasteiger partial charge < -0.3 is 4.42 Å². The molecule has 2 aromatic heterocycles. The van der Waals surface area contributed by atoms with E-state index in [0.717, 1.165) is 60.9 Å². The molecule has 0 radical (unpaired) electrons. The molecule has 9 aromatic rings. The smallest absolute Gasteiger partial charge is 0.164 e. The van der Waals surface area contributed by atoms with Gasteiger partial charge in [-0.15, -0.1) is 0 Å². The summed E-state index contributed by atoms with van der Waals surface area (Å²) in [5.41, 5.74) is 11.4. The third-order valence-corrected chi connectivity index (χ3v) is 8.95. The summed E-state index contributed by atoms with van der Waals surface area (Å²) in [5, 5.41) is 2.23. The average molecular weight is 628 g/mol. The van der Waals surface area contributed by atoms with Gasteiger partial charge in [-0.05, 0) is 63.7 Å². The maximum absolute atomic E-state index is 6.32. The highest BCUT2D eigenvalue weighted by atomic mass is 16.3. The van der Waals surface area contributed by atoms with E-state index in [-0.39, 0.29) is 0 Å². The molecule has 0 aliphatic heterocycles. The predicted molar refractivity (Wildman–Crippen MR) is 200 cm³/mol. The number of nitrogens with zero attached hydrogens (tertiary/aromatic N) is 3. The summed E-state index contributed by atoms with van der Waals surface area (Å²) in [6.45, 7) is 0. The van der Waals surface area contributed by atoms with E-state index in [0.29, 0.717) is 17.5 Å². The topological polar surface area (TPSA) is 51.8 Å². The highest BCUT2D eigenvalue weighted by Crippen LogP contribution is 2.35. The van der Waals surface area contributed by atoms with Gasteiger partial charge in [-0.2, -0.15) is 0 Å². The molecule has 0 saturated heterocycles. The van der Waals surface area contributed by atoms with Crippen LogP contribution in [0.3, 0.4) is 0 Å². The number of fused-ring (bicyclic) bond motifs is 3. The van der Waals surface area contributed by atoms with Crippen LogP contribution in [0.2, 0.25) is 0 Å². The molecular formula is C45H29N3O. The molecule has 0 aliphatic carbocycles. The monoisotopic (exact) mass is 627 g/mol. The molecular weight excluding hydrogens is 599 g/mol. The van der Waals surface area contributed by atoms with Crippen LogP contribution in [-0.2, 0) is 0 Å². The maximum atomic E-state index is 6.32. The molecule has 4 heteroatoms. The summed E-state index contributed by atoms with van der Waals surface area (Å²) in [4.78, 5) is 14.9. The fourth-order valence-corrected chi connectivity index (χ4v) is 6.40. The van der Waals surface area contributed by atoms with Crippen molar-refractivity contribution in [3.63, 3.8) is 0 Å². The van der Waals surface area contributed by atoms with Crippen molar-refractivity contribution in [2.45, 2.75) is 0 Å². The minimum Gasteiger partial charge on any atom is -0.456 e. The normalized spacial score (nSPS) is 11.3. The van der Waals surface area contributed by atoms with E-state index in [1.807, 2.05) is 42.5 Å². The van der Waals surface area contributed by atoms with Crippen LogP contribution in [0.15, 0.2) is 180 Å². The molecule has 49 heavy (non-hydrogen) atoms. The lowest BCUT2D eigenvalue weighted by Crippen LogP contribution is -2.00. The first-order chi connectivity index (χ1) is 24.2. The molecule has 0 unspecified atom stereocenters. The van der Waals surface area contributed by atoms with Crippen LogP contribution < -0.4 is 0 Å². The highest BCUT2D eigenvalue weighted by Gasteiger charge is 2.14. The zero-order valence-corrected chi connectivity index (χ0v) is 26.5. The van der Waals surface area contributed by atoms with Crippen molar-refractivity contribution in [3.05, 3.63) is 176 Å². The molecule has 9 rings (SSSR count). The zero-order chi connectivity index (χ0) is 32.6. The van der Waals surface area contributed by atoms with E-state index in [4.69, 9.17) is 19.4 Å². The molecule has 230 valence electrons. The van der Waals surface area contributed by atoms with Crippen LogP contribution in [0.4, 0.5) is 0 Å². The van der Waals surface area contributed by atoms with Crippen molar-refractivity contribution in [2.24, 2.45) is 0 Å². The Kier molecular flexibility index (Phi) is 7.10. The molecule has 4 nitrogen and oxygen atoms in total. The van der Waals surface area contributed by atoms with Crippen LogP contribution in [0, 0.1) is 0 Å². The molecule has 0 aliphatic rings. The lowest BCUT2D eigenvalue weighted by atomic mass is 10.0. The summed E-state index contributed by atoms with van der Waals surface area (Å²) in [5.74, 6) is 1.90. The molecule has 0 fully saturated rings. The first-order valence-electron chi connectivity index (χ1n) is 16.4.